The van der Waals surface area contributed by atoms with Crippen LogP contribution in [-0.4, -0.2) is 23.8 Å². The predicted octanol–water partition coefficient (Wildman–Crippen LogP) is 2.69. The molecular formula is C15H26N2O. The van der Waals surface area contributed by atoms with Crippen LogP contribution >= 0.6 is 0 Å². The molecule has 3 N–H and O–H groups in total. The molecule has 0 bridgehead atoms. The third-order valence-corrected chi connectivity index (χ3v) is 3.09. The van der Waals surface area contributed by atoms with Crippen molar-refractivity contribution >= 4 is 5.69 Å². The first-order chi connectivity index (χ1) is 8.37. The SMILES string of the molecule is CC[C@@H](N)c1ccc(N(CC)CC(C)(C)O)cc1. The van der Waals surface area contributed by atoms with Crippen LogP contribution in [0.4, 0.5) is 5.69 Å². The number of nitrogens with two attached hydrogens (primary N) is 1. The Morgan fingerprint density at radius 2 is 1.78 bits per heavy atom. The summed E-state index contributed by atoms with van der Waals surface area (Å²) in [5, 5.41) is 9.90. The van der Waals surface area contributed by atoms with Gasteiger partial charge in [0, 0.05) is 24.8 Å². The molecule has 0 aliphatic carbocycles. The van der Waals surface area contributed by atoms with Crippen molar-refractivity contribution in [3.8, 4) is 0 Å². The molecule has 1 rings (SSSR count). The predicted molar refractivity (Wildman–Crippen MR) is 77.8 cm³/mol. The van der Waals surface area contributed by atoms with E-state index in [9.17, 15) is 5.11 Å². The van der Waals surface area contributed by atoms with E-state index in [1.165, 1.54) is 5.56 Å². The Balaban J connectivity index is 2.82. The zero-order valence-corrected chi connectivity index (χ0v) is 12.0. The van der Waals surface area contributed by atoms with Gasteiger partial charge in [-0.1, -0.05) is 19.1 Å². The molecule has 0 spiro atoms. The van der Waals surface area contributed by atoms with Crippen molar-refractivity contribution in [3.05, 3.63) is 29.8 Å². The standard InChI is InChI=1S/C15H26N2O/c1-5-14(16)12-7-9-13(10-8-12)17(6-2)11-15(3,4)18/h7-10,14,18H,5-6,11,16H2,1-4H3/t14-/m1/s1. The quantitative estimate of drug-likeness (QED) is 0.816. The lowest BCUT2D eigenvalue weighted by atomic mass is 10.0. The number of aliphatic hydroxyl groups is 1. The largest absolute Gasteiger partial charge is 0.389 e. The van der Waals surface area contributed by atoms with Gasteiger partial charge >= 0.3 is 0 Å². The smallest absolute Gasteiger partial charge is 0.0765 e. The fourth-order valence-corrected chi connectivity index (χ4v) is 2.02. The van der Waals surface area contributed by atoms with Gasteiger partial charge in [-0.2, -0.15) is 0 Å². The minimum Gasteiger partial charge on any atom is -0.389 e. The maximum Gasteiger partial charge on any atom is 0.0765 e. The Labute approximate surface area is 111 Å². The van der Waals surface area contributed by atoms with E-state index in [-0.39, 0.29) is 6.04 Å². The van der Waals surface area contributed by atoms with E-state index in [0.29, 0.717) is 6.54 Å². The molecule has 0 amide bonds. The molecule has 0 saturated carbocycles. The molecule has 1 aromatic rings. The highest BCUT2D eigenvalue weighted by Crippen LogP contribution is 2.21. The summed E-state index contributed by atoms with van der Waals surface area (Å²) in [5.74, 6) is 0. The highest BCUT2D eigenvalue weighted by Gasteiger charge is 2.17. The van der Waals surface area contributed by atoms with E-state index < -0.39 is 5.60 Å². The van der Waals surface area contributed by atoms with Crippen LogP contribution in [0.25, 0.3) is 0 Å². The zero-order valence-electron chi connectivity index (χ0n) is 12.0. The molecule has 0 aliphatic heterocycles. The Morgan fingerprint density at radius 1 is 1.22 bits per heavy atom. The van der Waals surface area contributed by atoms with E-state index >= 15 is 0 Å². The van der Waals surface area contributed by atoms with Gasteiger partial charge in [0.15, 0.2) is 0 Å². The molecule has 1 atom stereocenters. The molecule has 3 heteroatoms. The van der Waals surface area contributed by atoms with Crippen LogP contribution in [0, 0.1) is 0 Å². The third kappa shape index (κ3) is 4.31. The average Bonchev–Trinajstić information content (AvgIpc) is 2.34. The minimum atomic E-state index is -0.686. The maximum atomic E-state index is 9.90. The summed E-state index contributed by atoms with van der Waals surface area (Å²) in [6.45, 7) is 9.35. The van der Waals surface area contributed by atoms with Crippen molar-refractivity contribution in [2.45, 2.75) is 45.8 Å². The molecule has 0 unspecified atom stereocenters. The number of anilines is 1. The van der Waals surface area contributed by atoms with E-state index in [1.807, 2.05) is 13.8 Å². The third-order valence-electron chi connectivity index (χ3n) is 3.09. The summed E-state index contributed by atoms with van der Waals surface area (Å²) >= 11 is 0. The van der Waals surface area contributed by atoms with E-state index in [4.69, 9.17) is 5.73 Å². The number of nitrogens with zero attached hydrogens (tertiary/aromatic N) is 1. The zero-order chi connectivity index (χ0) is 13.8. The van der Waals surface area contributed by atoms with Crippen molar-refractivity contribution in [2.75, 3.05) is 18.0 Å². The second-order valence-corrected chi connectivity index (χ2v) is 5.43. The van der Waals surface area contributed by atoms with Crippen LogP contribution in [0.5, 0.6) is 0 Å². The van der Waals surface area contributed by atoms with Crippen LogP contribution in [0.15, 0.2) is 24.3 Å². The maximum absolute atomic E-state index is 9.90. The summed E-state index contributed by atoms with van der Waals surface area (Å²) in [7, 11) is 0. The highest BCUT2D eigenvalue weighted by atomic mass is 16.3. The normalized spacial score (nSPS) is 13.4. The lowest BCUT2D eigenvalue weighted by Gasteiger charge is -2.30. The highest BCUT2D eigenvalue weighted by molar-refractivity contribution is 5.48. The first-order valence-corrected chi connectivity index (χ1v) is 6.70. The Bertz CT molecular complexity index is 354. The Morgan fingerprint density at radius 3 is 2.17 bits per heavy atom. The molecule has 0 radical (unpaired) electrons. The summed E-state index contributed by atoms with van der Waals surface area (Å²) in [6, 6.07) is 8.44. The average molecular weight is 250 g/mol. The van der Waals surface area contributed by atoms with Crippen molar-refractivity contribution in [1.29, 1.82) is 0 Å². The van der Waals surface area contributed by atoms with Crippen LogP contribution in [0.3, 0.4) is 0 Å². The molecular weight excluding hydrogens is 224 g/mol. The van der Waals surface area contributed by atoms with Crippen molar-refractivity contribution in [1.82, 2.24) is 0 Å². The molecule has 3 nitrogen and oxygen atoms in total. The van der Waals surface area contributed by atoms with Gasteiger partial charge in [0.2, 0.25) is 0 Å². The van der Waals surface area contributed by atoms with Crippen LogP contribution < -0.4 is 10.6 Å². The van der Waals surface area contributed by atoms with Crippen molar-refractivity contribution in [2.24, 2.45) is 5.73 Å². The first-order valence-electron chi connectivity index (χ1n) is 6.70. The van der Waals surface area contributed by atoms with Crippen molar-refractivity contribution in [3.63, 3.8) is 0 Å². The monoisotopic (exact) mass is 250 g/mol. The summed E-state index contributed by atoms with van der Waals surface area (Å²) in [4.78, 5) is 2.17. The molecule has 0 aromatic heterocycles. The number of hydrogen-bond donors (Lipinski definition) is 2. The number of hydrogen-bond acceptors (Lipinski definition) is 3. The van der Waals surface area contributed by atoms with E-state index in [1.54, 1.807) is 0 Å². The second-order valence-electron chi connectivity index (χ2n) is 5.43. The lowest BCUT2D eigenvalue weighted by molar-refractivity contribution is 0.0876. The van der Waals surface area contributed by atoms with Crippen LogP contribution in [0.1, 0.15) is 45.7 Å². The summed E-state index contributed by atoms with van der Waals surface area (Å²) in [5.41, 5.74) is 7.61. The molecule has 0 saturated heterocycles. The van der Waals surface area contributed by atoms with E-state index in [2.05, 4.69) is 43.0 Å². The van der Waals surface area contributed by atoms with Gasteiger partial charge in [0.1, 0.15) is 0 Å². The Kier molecular flexibility index (Phi) is 5.17. The molecule has 0 fully saturated rings. The molecule has 0 heterocycles. The topological polar surface area (TPSA) is 49.5 Å². The van der Waals surface area contributed by atoms with Crippen LogP contribution in [0.2, 0.25) is 0 Å². The number of rotatable bonds is 6. The fraction of sp³-hybridized carbons (Fsp3) is 0.600. The van der Waals surface area contributed by atoms with Gasteiger partial charge in [-0.3, -0.25) is 0 Å². The van der Waals surface area contributed by atoms with Gasteiger partial charge in [0.05, 0.1) is 5.60 Å². The molecule has 18 heavy (non-hydrogen) atoms. The Hall–Kier alpha value is -1.06. The van der Waals surface area contributed by atoms with Crippen LogP contribution in [-0.2, 0) is 0 Å². The van der Waals surface area contributed by atoms with E-state index in [0.717, 1.165) is 18.7 Å². The fourth-order valence-electron chi connectivity index (χ4n) is 2.02. The summed E-state index contributed by atoms with van der Waals surface area (Å²) < 4.78 is 0. The molecule has 102 valence electrons. The molecule has 0 aliphatic rings. The van der Waals surface area contributed by atoms with Gasteiger partial charge in [-0.05, 0) is 44.9 Å². The lowest BCUT2D eigenvalue weighted by Crippen LogP contribution is -2.38. The second kappa shape index (κ2) is 6.21. The first kappa shape index (κ1) is 15.0. The van der Waals surface area contributed by atoms with Crippen molar-refractivity contribution < 1.29 is 5.11 Å². The number of likely N-dealkylation sites (N-methyl/N-ethyl adjacent to an activating group) is 1. The minimum absolute atomic E-state index is 0.114. The van der Waals surface area contributed by atoms with Gasteiger partial charge in [-0.25, -0.2) is 0 Å². The number of benzene rings is 1. The molecule has 1 aromatic carbocycles. The summed E-state index contributed by atoms with van der Waals surface area (Å²) in [6.07, 6.45) is 0.945. The van der Waals surface area contributed by atoms with Gasteiger partial charge in [0.25, 0.3) is 0 Å². The van der Waals surface area contributed by atoms with Gasteiger partial charge in [-0.15, -0.1) is 0 Å². The van der Waals surface area contributed by atoms with Gasteiger partial charge < -0.3 is 15.7 Å².